The van der Waals surface area contributed by atoms with E-state index in [0.717, 1.165) is 16.9 Å². The molecule has 0 bridgehead atoms. The monoisotopic (exact) mass is 465 g/mol. The predicted molar refractivity (Wildman–Crippen MR) is 126 cm³/mol. The molecule has 8 heteroatoms. The highest BCUT2D eigenvalue weighted by molar-refractivity contribution is 6.09. The Balaban J connectivity index is 1.50. The van der Waals surface area contributed by atoms with E-state index in [1.165, 1.54) is 0 Å². The highest BCUT2D eigenvalue weighted by Crippen LogP contribution is 2.35. The van der Waals surface area contributed by atoms with E-state index >= 15 is 0 Å². The number of benzene rings is 2. The molecule has 1 saturated heterocycles. The number of carbonyl (C=O) groups excluding carboxylic acids is 3. The van der Waals surface area contributed by atoms with Crippen LogP contribution in [0.15, 0.2) is 48.5 Å². The quantitative estimate of drug-likeness (QED) is 0.610. The topological polar surface area (TPSA) is 97.0 Å². The first kappa shape index (κ1) is 23.6. The van der Waals surface area contributed by atoms with Gasteiger partial charge in [0.05, 0.1) is 19.3 Å². The van der Waals surface area contributed by atoms with Crippen molar-refractivity contribution >= 4 is 17.8 Å². The first-order valence-corrected chi connectivity index (χ1v) is 11.7. The number of nitrogens with one attached hydrogen (secondary N) is 2. The minimum absolute atomic E-state index is 0.0656. The number of rotatable bonds is 7. The molecule has 34 heavy (non-hydrogen) atoms. The van der Waals surface area contributed by atoms with E-state index < -0.39 is 23.4 Å². The van der Waals surface area contributed by atoms with Crippen molar-refractivity contribution in [1.82, 2.24) is 15.5 Å². The summed E-state index contributed by atoms with van der Waals surface area (Å²) in [7, 11) is 0. The van der Waals surface area contributed by atoms with E-state index in [1.807, 2.05) is 69.3 Å². The number of imide groups is 1. The highest BCUT2D eigenvalue weighted by Gasteiger charge is 2.51. The van der Waals surface area contributed by atoms with E-state index in [9.17, 15) is 14.4 Å². The summed E-state index contributed by atoms with van der Waals surface area (Å²) >= 11 is 0. The maximum Gasteiger partial charge on any atom is 0.325 e. The molecule has 0 unspecified atom stereocenters. The lowest BCUT2D eigenvalue weighted by Gasteiger charge is -2.26. The molecule has 4 rings (SSSR count). The number of hydrogen-bond acceptors (Lipinski definition) is 5. The summed E-state index contributed by atoms with van der Waals surface area (Å²) in [5.41, 5.74) is 0.410. The van der Waals surface area contributed by atoms with Crippen LogP contribution in [0.25, 0.3) is 0 Å². The van der Waals surface area contributed by atoms with Gasteiger partial charge < -0.3 is 20.1 Å². The summed E-state index contributed by atoms with van der Waals surface area (Å²) in [5, 5.41) is 5.81. The van der Waals surface area contributed by atoms with Crippen molar-refractivity contribution < 1.29 is 23.9 Å². The molecule has 2 aromatic rings. The van der Waals surface area contributed by atoms with Crippen LogP contribution in [0.2, 0.25) is 0 Å². The lowest BCUT2D eigenvalue weighted by molar-refractivity contribution is -0.135. The number of urea groups is 1. The zero-order valence-corrected chi connectivity index (χ0v) is 19.8. The van der Waals surface area contributed by atoms with E-state index in [-0.39, 0.29) is 18.5 Å². The SMILES string of the molecule is CC[C@@]1(c2ccccc2)NC(=O)N(CC(=O)N[C@H](c2ccc3c(c2)OCCCO3)C(C)C)C1=O. The first-order valence-electron chi connectivity index (χ1n) is 11.7. The van der Waals surface area contributed by atoms with Gasteiger partial charge in [0.15, 0.2) is 11.5 Å². The van der Waals surface area contributed by atoms with Crippen molar-refractivity contribution in [3.63, 3.8) is 0 Å². The molecular weight excluding hydrogens is 434 g/mol. The van der Waals surface area contributed by atoms with Gasteiger partial charge in [-0.3, -0.25) is 14.5 Å². The Labute approximate surface area is 199 Å². The van der Waals surface area contributed by atoms with Gasteiger partial charge in [-0.05, 0) is 35.6 Å². The summed E-state index contributed by atoms with van der Waals surface area (Å²) < 4.78 is 11.5. The predicted octanol–water partition coefficient (Wildman–Crippen LogP) is 3.52. The molecule has 1 fully saturated rings. The van der Waals surface area contributed by atoms with Crippen LogP contribution in [0.5, 0.6) is 11.5 Å². The van der Waals surface area contributed by atoms with Gasteiger partial charge >= 0.3 is 6.03 Å². The normalized spacial score (nSPS) is 20.6. The van der Waals surface area contributed by atoms with Crippen LogP contribution in [-0.4, -0.2) is 42.5 Å². The molecule has 0 aromatic heterocycles. The van der Waals surface area contributed by atoms with E-state index in [4.69, 9.17) is 9.47 Å². The van der Waals surface area contributed by atoms with Crippen LogP contribution in [0, 0.1) is 5.92 Å². The molecule has 2 N–H and O–H groups in total. The Bertz CT molecular complexity index is 1070. The zero-order chi connectivity index (χ0) is 24.3. The second-order valence-corrected chi connectivity index (χ2v) is 8.99. The van der Waals surface area contributed by atoms with Gasteiger partial charge in [-0.25, -0.2) is 4.79 Å². The van der Waals surface area contributed by atoms with Crippen LogP contribution in [-0.2, 0) is 15.1 Å². The van der Waals surface area contributed by atoms with E-state index in [0.29, 0.717) is 36.7 Å². The number of amides is 4. The van der Waals surface area contributed by atoms with Crippen LogP contribution < -0.4 is 20.1 Å². The fourth-order valence-corrected chi connectivity index (χ4v) is 4.50. The summed E-state index contributed by atoms with van der Waals surface area (Å²) in [6.45, 7) is 6.66. The number of hydrogen-bond donors (Lipinski definition) is 2. The zero-order valence-electron chi connectivity index (χ0n) is 19.8. The second kappa shape index (κ2) is 9.75. The van der Waals surface area contributed by atoms with Crippen molar-refractivity contribution in [3.05, 3.63) is 59.7 Å². The van der Waals surface area contributed by atoms with Gasteiger partial charge in [-0.15, -0.1) is 0 Å². The maximum atomic E-state index is 13.3. The van der Waals surface area contributed by atoms with Gasteiger partial charge in [-0.1, -0.05) is 57.2 Å². The van der Waals surface area contributed by atoms with Crippen molar-refractivity contribution in [2.75, 3.05) is 19.8 Å². The number of carbonyl (C=O) groups is 3. The van der Waals surface area contributed by atoms with Gasteiger partial charge in [-0.2, -0.15) is 0 Å². The Kier molecular flexibility index (Phi) is 6.77. The smallest absolute Gasteiger partial charge is 0.325 e. The summed E-state index contributed by atoms with van der Waals surface area (Å²) in [5.74, 6) is 0.578. The molecule has 0 radical (unpaired) electrons. The molecule has 0 aliphatic carbocycles. The molecule has 0 saturated carbocycles. The van der Waals surface area contributed by atoms with Gasteiger partial charge in [0.2, 0.25) is 5.91 Å². The summed E-state index contributed by atoms with van der Waals surface area (Å²) in [4.78, 5) is 40.1. The molecule has 2 aromatic carbocycles. The van der Waals surface area contributed by atoms with E-state index in [2.05, 4.69) is 10.6 Å². The summed E-state index contributed by atoms with van der Waals surface area (Å²) in [6, 6.07) is 13.9. The maximum absolute atomic E-state index is 13.3. The minimum Gasteiger partial charge on any atom is -0.490 e. The fourth-order valence-electron chi connectivity index (χ4n) is 4.50. The lowest BCUT2D eigenvalue weighted by atomic mass is 9.87. The Morgan fingerprint density at radius 3 is 2.47 bits per heavy atom. The van der Waals surface area contributed by atoms with Crippen LogP contribution in [0.1, 0.15) is 50.8 Å². The molecule has 0 spiro atoms. The number of ether oxygens (including phenoxy) is 2. The second-order valence-electron chi connectivity index (χ2n) is 8.99. The third kappa shape index (κ3) is 4.44. The number of nitrogens with zero attached hydrogens (tertiary/aromatic N) is 1. The van der Waals surface area contributed by atoms with Crippen LogP contribution in [0.4, 0.5) is 4.79 Å². The molecule has 2 heterocycles. The van der Waals surface area contributed by atoms with Gasteiger partial charge in [0, 0.05) is 6.42 Å². The molecule has 180 valence electrons. The number of fused-ring (bicyclic) bond motifs is 1. The highest BCUT2D eigenvalue weighted by atomic mass is 16.5. The van der Waals surface area contributed by atoms with Crippen molar-refractivity contribution in [2.24, 2.45) is 5.92 Å². The Hall–Kier alpha value is -3.55. The van der Waals surface area contributed by atoms with Crippen molar-refractivity contribution in [2.45, 2.75) is 45.2 Å². The Morgan fingerprint density at radius 1 is 1.09 bits per heavy atom. The van der Waals surface area contributed by atoms with E-state index in [1.54, 1.807) is 0 Å². The lowest BCUT2D eigenvalue weighted by Crippen LogP contribution is -2.45. The van der Waals surface area contributed by atoms with Crippen LogP contribution >= 0.6 is 0 Å². The Morgan fingerprint density at radius 2 is 1.79 bits per heavy atom. The largest absolute Gasteiger partial charge is 0.490 e. The van der Waals surface area contributed by atoms with Crippen molar-refractivity contribution in [1.29, 1.82) is 0 Å². The fraction of sp³-hybridized carbons (Fsp3) is 0.423. The third-order valence-corrected chi connectivity index (χ3v) is 6.39. The summed E-state index contributed by atoms with van der Waals surface area (Å²) in [6.07, 6.45) is 1.19. The average Bonchev–Trinajstić information content (AvgIpc) is 2.98. The van der Waals surface area contributed by atoms with Gasteiger partial charge in [0.25, 0.3) is 5.91 Å². The van der Waals surface area contributed by atoms with Crippen molar-refractivity contribution in [3.8, 4) is 11.5 Å². The molecule has 8 nitrogen and oxygen atoms in total. The molecule has 2 aliphatic rings. The molecule has 2 aliphatic heterocycles. The van der Waals surface area contributed by atoms with Crippen LogP contribution in [0.3, 0.4) is 0 Å². The first-order chi connectivity index (χ1) is 16.4. The van der Waals surface area contributed by atoms with Gasteiger partial charge in [0.1, 0.15) is 12.1 Å². The molecule has 2 atom stereocenters. The molecular formula is C26H31N3O5. The third-order valence-electron chi connectivity index (χ3n) is 6.39. The standard InChI is InChI=1S/C26H31N3O5/c1-4-26(19-9-6-5-7-10-19)24(31)29(25(32)28-26)16-22(30)27-23(17(2)3)18-11-12-20-21(15-18)34-14-8-13-33-20/h5-7,9-12,15,17,23H,4,8,13-14,16H2,1-3H3,(H,27,30)(H,28,32)/t23-,26-/m0/s1. The minimum atomic E-state index is -1.16. The molecule has 4 amide bonds. The average molecular weight is 466 g/mol.